The molecule has 0 atom stereocenters. The van der Waals surface area contributed by atoms with Crippen LogP contribution in [0.5, 0.6) is 0 Å². The van der Waals surface area contributed by atoms with E-state index < -0.39 is 0 Å². The van der Waals surface area contributed by atoms with Gasteiger partial charge in [0.05, 0.1) is 11.4 Å². The first-order valence-corrected chi connectivity index (χ1v) is 6.36. The van der Waals surface area contributed by atoms with Crippen LogP contribution in [0.3, 0.4) is 0 Å². The highest BCUT2D eigenvalue weighted by atomic mass is 35.5. The van der Waals surface area contributed by atoms with Crippen LogP contribution in [-0.2, 0) is 0 Å². The number of rotatable bonds is 2. The molecule has 0 aliphatic heterocycles. The summed E-state index contributed by atoms with van der Waals surface area (Å²) in [6.07, 6.45) is 0. The Morgan fingerprint density at radius 3 is 2.41 bits per heavy atom. The first-order valence-electron chi connectivity index (χ1n) is 4.79. The molecule has 0 bridgehead atoms. The highest BCUT2D eigenvalue weighted by Crippen LogP contribution is 2.32. The fourth-order valence-electron chi connectivity index (χ4n) is 1.21. The number of aryl methyl sites for hydroxylation is 1. The van der Waals surface area contributed by atoms with Gasteiger partial charge in [-0.3, -0.25) is 0 Å². The lowest BCUT2D eigenvalue weighted by Crippen LogP contribution is -1.99. The molecule has 0 unspecified atom stereocenters. The molecule has 0 radical (unpaired) electrons. The third kappa shape index (κ3) is 3.03. The molecule has 0 amide bonds. The molecule has 0 aliphatic rings. The molecule has 0 saturated carbocycles. The van der Waals surface area contributed by atoms with Gasteiger partial charge in [0.25, 0.3) is 0 Å². The maximum absolute atomic E-state index is 5.90. The molecule has 1 aromatic heterocycles. The van der Waals surface area contributed by atoms with Crippen LogP contribution in [0.1, 0.15) is 5.69 Å². The van der Waals surface area contributed by atoms with E-state index in [0.717, 1.165) is 4.90 Å². The average Bonchev–Trinajstić information content (AvgIpc) is 2.28. The average molecular weight is 286 g/mol. The van der Waals surface area contributed by atoms with E-state index in [1.54, 1.807) is 6.92 Å². The fraction of sp³-hybridized carbons (Fsp3) is 0.0909. The summed E-state index contributed by atoms with van der Waals surface area (Å²) < 4.78 is 0. The lowest BCUT2D eigenvalue weighted by Gasteiger charge is -2.06. The molecule has 2 N–H and O–H groups in total. The zero-order valence-corrected chi connectivity index (χ0v) is 11.3. The molecular weight excluding hydrogens is 277 g/mol. The maximum atomic E-state index is 5.90. The number of anilines is 1. The number of halogens is 2. The van der Waals surface area contributed by atoms with Crippen molar-refractivity contribution in [1.82, 2.24) is 9.97 Å². The minimum atomic E-state index is 0.202. The van der Waals surface area contributed by atoms with Gasteiger partial charge in [0.1, 0.15) is 5.03 Å². The van der Waals surface area contributed by atoms with Crippen LogP contribution in [0.2, 0.25) is 10.3 Å². The van der Waals surface area contributed by atoms with E-state index in [2.05, 4.69) is 9.97 Å². The largest absolute Gasteiger partial charge is 0.395 e. The standard InChI is InChI=1S/C11H9Cl2N3S/c1-6-9(14)10(16-11(13)15-6)17-8-4-2-7(12)3-5-8/h2-5H,14H2,1H3. The Balaban J connectivity index is 2.32. The molecule has 1 heterocycles. The molecule has 0 aliphatic carbocycles. The highest BCUT2D eigenvalue weighted by molar-refractivity contribution is 7.99. The SMILES string of the molecule is Cc1nc(Cl)nc(Sc2ccc(Cl)cc2)c1N. The second-order valence-electron chi connectivity index (χ2n) is 3.35. The van der Waals surface area contributed by atoms with Crippen LogP contribution in [0, 0.1) is 6.92 Å². The number of nitrogens with two attached hydrogens (primary N) is 1. The van der Waals surface area contributed by atoms with Crippen LogP contribution in [0.15, 0.2) is 34.2 Å². The number of hydrogen-bond donors (Lipinski definition) is 1. The van der Waals surface area contributed by atoms with Crippen LogP contribution in [-0.4, -0.2) is 9.97 Å². The van der Waals surface area contributed by atoms with E-state index in [0.29, 0.717) is 21.4 Å². The van der Waals surface area contributed by atoms with Gasteiger partial charge in [-0.25, -0.2) is 9.97 Å². The fourth-order valence-corrected chi connectivity index (χ4v) is 2.49. The third-order valence-electron chi connectivity index (χ3n) is 2.10. The summed E-state index contributed by atoms with van der Waals surface area (Å²) in [6.45, 7) is 1.80. The molecule has 3 nitrogen and oxygen atoms in total. The molecule has 88 valence electrons. The smallest absolute Gasteiger partial charge is 0.223 e. The van der Waals surface area contributed by atoms with Crippen molar-refractivity contribution in [2.75, 3.05) is 5.73 Å². The quantitative estimate of drug-likeness (QED) is 0.673. The van der Waals surface area contributed by atoms with Gasteiger partial charge in [-0.2, -0.15) is 0 Å². The summed E-state index contributed by atoms with van der Waals surface area (Å²) in [7, 11) is 0. The van der Waals surface area contributed by atoms with E-state index in [1.165, 1.54) is 11.8 Å². The second-order valence-corrected chi connectivity index (χ2v) is 5.19. The molecule has 2 rings (SSSR count). The molecule has 2 aromatic rings. The lowest BCUT2D eigenvalue weighted by molar-refractivity contribution is 1.02. The van der Waals surface area contributed by atoms with Crippen molar-refractivity contribution in [3.05, 3.63) is 40.3 Å². The predicted octanol–water partition coefficient (Wildman–Crippen LogP) is 3.83. The summed E-state index contributed by atoms with van der Waals surface area (Å²) in [5.74, 6) is 0. The first kappa shape index (κ1) is 12.5. The van der Waals surface area contributed by atoms with Gasteiger partial charge in [-0.1, -0.05) is 23.4 Å². The minimum absolute atomic E-state index is 0.202. The molecule has 0 saturated heterocycles. The van der Waals surface area contributed by atoms with E-state index >= 15 is 0 Å². The number of nitrogen functional groups attached to an aromatic ring is 1. The highest BCUT2D eigenvalue weighted by Gasteiger charge is 2.09. The summed E-state index contributed by atoms with van der Waals surface area (Å²) in [5, 5.41) is 1.55. The molecule has 17 heavy (non-hydrogen) atoms. The molecule has 0 fully saturated rings. The van der Waals surface area contributed by atoms with Crippen molar-refractivity contribution in [1.29, 1.82) is 0 Å². The van der Waals surface area contributed by atoms with Crippen LogP contribution in [0.4, 0.5) is 5.69 Å². The normalized spacial score (nSPS) is 10.5. The number of nitrogens with zero attached hydrogens (tertiary/aromatic N) is 2. The summed E-state index contributed by atoms with van der Waals surface area (Å²) in [6, 6.07) is 7.43. The molecule has 6 heteroatoms. The maximum Gasteiger partial charge on any atom is 0.223 e. The minimum Gasteiger partial charge on any atom is -0.395 e. The summed E-state index contributed by atoms with van der Waals surface area (Å²) in [5.41, 5.74) is 7.13. The summed E-state index contributed by atoms with van der Waals surface area (Å²) in [4.78, 5) is 9.09. The van der Waals surface area contributed by atoms with Gasteiger partial charge >= 0.3 is 0 Å². The van der Waals surface area contributed by atoms with Gasteiger partial charge in [0.15, 0.2) is 0 Å². The van der Waals surface area contributed by atoms with E-state index in [-0.39, 0.29) is 5.28 Å². The zero-order chi connectivity index (χ0) is 12.4. The van der Waals surface area contributed by atoms with Gasteiger partial charge in [-0.05, 0) is 42.8 Å². The molecule has 0 spiro atoms. The summed E-state index contributed by atoms with van der Waals surface area (Å²) >= 11 is 13.0. The van der Waals surface area contributed by atoms with Crippen LogP contribution in [0.25, 0.3) is 0 Å². The second kappa shape index (κ2) is 5.12. The van der Waals surface area contributed by atoms with Gasteiger partial charge < -0.3 is 5.73 Å². The number of aromatic nitrogens is 2. The van der Waals surface area contributed by atoms with Crippen molar-refractivity contribution in [2.45, 2.75) is 16.8 Å². The first-order chi connectivity index (χ1) is 8.06. The predicted molar refractivity (Wildman–Crippen MR) is 71.8 cm³/mol. The van der Waals surface area contributed by atoms with Gasteiger partial charge in [0.2, 0.25) is 5.28 Å². The lowest BCUT2D eigenvalue weighted by atomic mass is 10.4. The Hall–Kier alpha value is -0.970. The number of benzene rings is 1. The zero-order valence-electron chi connectivity index (χ0n) is 8.95. The van der Waals surface area contributed by atoms with E-state index in [4.69, 9.17) is 28.9 Å². The monoisotopic (exact) mass is 285 g/mol. The van der Waals surface area contributed by atoms with Crippen molar-refractivity contribution >= 4 is 40.7 Å². The molecular formula is C11H9Cl2N3S. The van der Waals surface area contributed by atoms with Gasteiger partial charge in [0, 0.05) is 9.92 Å². The Morgan fingerprint density at radius 1 is 1.12 bits per heavy atom. The van der Waals surface area contributed by atoms with Gasteiger partial charge in [-0.15, -0.1) is 0 Å². The van der Waals surface area contributed by atoms with E-state index in [9.17, 15) is 0 Å². The van der Waals surface area contributed by atoms with E-state index in [1.807, 2.05) is 24.3 Å². The number of hydrogen-bond acceptors (Lipinski definition) is 4. The van der Waals surface area contributed by atoms with Crippen LogP contribution >= 0.6 is 35.0 Å². The molecule has 1 aromatic carbocycles. The Morgan fingerprint density at radius 2 is 1.76 bits per heavy atom. The van der Waals surface area contributed by atoms with Crippen molar-refractivity contribution < 1.29 is 0 Å². The third-order valence-corrected chi connectivity index (χ3v) is 3.54. The topological polar surface area (TPSA) is 51.8 Å². The van der Waals surface area contributed by atoms with Crippen molar-refractivity contribution in [3.8, 4) is 0 Å². The van der Waals surface area contributed by atoms with Crippen molar-refractivity contribution in [2.24, 2.45) is 0 Å². The van der Waals surface area contributed by atoms with Crippen LogP contribution < -0.4 is 5.73 Å². The Bertz CT molecular complexity index is 543. The van der Waals surface area contributed by atoms with Crippen molar-refractivity contribution in [3.63, 3.8) is 0 Å². The Kier molecular flexibility index (Phi) is 3.76. The Labute approximate surface area is 113 Å².